The third kappa shape index (κ3) is 5.97. The average molecular weight is 284 g/mol. The van der Waals surface area contributed by atoms with Crippen molar-refractivity contribution in [3.05, 3.63) is 35.4 Å². The van der Waals surface area contributed by atoms with Crippen LogP contribution in [-0.2, 0) is 6.42 Å². The second-order valence-electron chi connectivity index (χ2n) is 5.21. The molecule has 0 heterocycles. The Morgan fingerprint density at radius 1 is 1.10 bits per heavy atom. The van der Waals surface area contributed by atoms with Gasteiger partial charge < -0.3 is 5.32 Å². The van der Waals surface area contributed by atoms with Gasteiger partial charge in [-0.3, -0.25) is 4.90 Å². The molecule has 0 aromatic heterocycles. The molecule has 0 saturated heterocycles. The lowest BCUT2D eigenvalue weighted by molar-refractivity contribution is 0.0959. The first-order valence-corrected chi connectivity index (χ1v) is 7.35. The van der Waals surface area contributed by atoms with E-state index in [1.54, 1.807) is 11.9 Å². The van der Waals surface area contributed by atoms with E-state index in [0.29, 0.717) is 6.54 Å². The highest BCUT2D eigenvalue weighted by Crippen LogP contribution is 2.16. The van der Waals surface area contributed by atoms with Gasteiger partial charge in [0.2, 0.25) is 0 Å². The van der Waals surface area contributed by atoms with E-state index in [4.69, 9.17) is 0 Å². The molecule has 1 unspecified atom stereocenters. The van der Waals surface area contributed by atoms with Crippen LogP contribution in [0, 0.1) is 0 Å². The molecule has 0 bridgehead atoms. The van der Waals surface area contributed by atoms with Gasteiger partial charge in [0.05, 0.1) is 6.54 Å². The van der Waals surface area contributed by atoms with Crippen molar-refractivity contribution in [3.8, 4) is 0 Å². The molecule has 1 aromatic carbocycles. The van der Waals surface area contributed by atoms with Crippen LogP contribution in [0.5, 0.6) is 0 Å². The lowest BCUT2D eigenvalue weighted by Crippen LogP contribution is -2.35. The molecule has 0 fully saturated rings. The number of likely N-dealkylation sites (N-methyl/N-ethyl adjacent to an activating group) is 2. The van der Waals surface area contributed by atoms with Crippen LogP contribution in [0.25, 0.3) is 0 Å². The number of aryl methyl sites for hydroxylation is 1. The van der Waals surface area contributed by atoms with E-state index in [9.17, 15) is 8.78 Å². The molecule has 2 nitrogen and oxygen atoms in total. The molecule has 0 spiro atoms. The summed E-state index contributed by atoms with van der Waals surface area (Å²) in [6, 6.07) is 8.58. The van der Waals surface area contributed by atoms with Crippen molar-refractivity contribution < 1.29 is 8.78 Å². The maximum absolute atomic E-state index is 12.4. The monoisotopic (exact) mass is 284 g/mol. The molecule has 114 valence electrons. The fourth-order valence-electron chi connectivity index (χ4n) is 2.36. The highest BCUT2D eigenvalue weighted by molar-refractivity contribution is 5.25. The average Bonchev–Trinajstić information content (AvgIpc) is 2.38. The molecule has 1 atom stereocenters. The minimum absolute atomic E-state index is 0.0967. The zero-order valence-electron chi connectivity index (χ0n) is 12.7. The van der Waals surface area contributed by atoms with E-state index in [2.05, 4.69) is 36.5 Å². The van der Waals surface area contributed by atoms with E-state index in [1.165, 1.54) is 5.56 Å². The number of nitrogens with zero attached hydrogens (tertiary/aromatic N) is 1. The molecule has 1 rings (SSSR count). The summed E-state index contributed by atoms with van der Waals surface area (Å²) in [4.78, 5) is 1.68. The van der Waals surface area contributed by atoms with E-state index in [1.807, 2.05) is 6.92 Å². The highest BCUT2D eigenvalue weighted by atomic mass is 19.3. The smallest absolute Gasteiger partial charge is 0.251 e. The molecule has 0 aliphatic heterocycles. The van der Waals surface area contributed by atoms with Crippen molar-refractivity contribution in [2.75, 3.05) is 26.7 Å². The van der Waals surface area contributed by atoms with Crippen LogP contribution in [0.4, 0.5) is 8.78 Å². The predicted molar refractivity (Wildman–Crippen MR) is 80.4 cm³/mol. The zero-order chi connectivity index (χ0) is 15.0. The predicted octanol–water partition coefficient (Wildman–Crippen LogP) is 3.49. The van der Waals surface area contributed by atoms with E-state index in [0.717, 1.165) is 24.9 Å². The topological polar surface area (TPSA) is 15.3 Å². The standard InChI is InChI=1S/C16H26F2N2/c1-4-6-13-7-9-14(10-8-13)15(19-5-2)11-20(3)12-16(17)18/h7-10,15-16,19H,4-6,11-12H2,1-3H3. The number of rotatable bonds is 9. The largest absolute Gasteiger partial charge is 0.309 e. The van der Waals surface area contributed by atoms with Crippen LogP contribution in [0.2, 0.25) is 0 Å². The Bertz CT molecular complexity index is 365. The number of halogens is 2. The van der Waals surface area contributed by atoms with Crippen molar-refractivity contribution >= 4 is 0 Å². The molecule has 20 heavy (non-hydrogen) atoms. The lowest BCUT2D eigenvalue weighted by atomic mass is 10.0. The van der Waals surface area contributed by atoms with Crippen molar-refractivity contribution in [2.45, 2.75) is 39.2 Å². The summed E-state index contributed by atoms with van der Waals surface area (Å²) in [6.07, 6.45) is -0.0703. The molecule has 0 aliphatic rings. The van der Waals surface area contributed by atoms with Crippen LogP contribution >= 0.6 is 0 Å². The van der Waals surface area contributed by atoms with Gasteiger partial charge in [-0.15, -0.1) is 0 Å². The van der Waals surface area contributed by atoms with Gasteiger partial charge in [0.15, 0.2) is 0 Å². The minimum atomic E-state index is -2.28. The summed E-state index contributed by atoms with van der Waals surface area (Å²) < 4.78 is 24.8. The van der Waals surface area contributed by atoms with Gasteiger partial charge in [-0.2, -0.15) is 0 Å². The highest BCUT2D eigenvalue weighted by Gasteiger charge is 2.15. The molecule has 0 aliphatic carbocycles. The van der Waals surface area contributed by atoms with Gasteiger partial charge in [-0.1, -0.05) is 44.5 Å². The third-order valence-corrected chi connectivity index (χ3v) is 3.32. The molecule has 1 N–H and O–H groups in total. The van der Waals surface area contributed by atoms with Gasteiger partial charge in [0, 0.05) is 12.6 Å². The van der Waals surface area contributed by atoms with Crippen molar-refractivity contribution in [1.29, 1.82) is 0 Å². The van der Waals surface area contributed by atoms with Gasteiger partial charge in [0.1, 0.15) is 0 Å². The Balaban J connectivity index is 2.69. The number of alkyl halides is 2. The van der Waals surface area contributed by atoms with Gasteiger partial charge in [-0.05, 0) is 31.1 Å². The van der Waals surface area contributed by atoms with Crippen LogP contribution in [0.1, 0.15) is 37.4 Å². The third-order valence-electron chi connectivity index (χ3n) is 3.32. The first-order valence-electron chi connectivity index (χ1n) is 7.35. The second kappa shape index (κ2) is 9.03. The van der Waals surface area contributed by atoms with E-state index < -0.39 is 6.43 Å². The summed E-state index contributed by atoms with van der Waals surface area (Å²) in [5.41, 5.74) is 2.49. The van der Waals surface area contributed by atoms with Crippen LogP contribution < -0.4 is 5.32 Å². The number of benzene rings is 1. The first kappa shape index (κ1) is 17.1. The fourth-order valence-corrected chi connectivity index (χ4v) is 2.36. The summed E-state index contributed by atoms with van der Waals surface area (Å²) in [7, 11) is 1.74. The van der Waals surface area contributed by atoms with Gasteiger partial charge in [-0.25, -0.2) is 8.78 Å². The zero-order valence-corrected chi connectivity index (χ0v) is 12.7. The molecule has 0 radical (unpaired) electrons. The molecular weight excluding hydrogens is 258 g/mol. The molecular formula is C16H26F2N2. The number of nitrogens with one attached hydrogen (secondary N) is 1. The Kier molecular flexibility index (Phi) is 7.70. The van der Waals surface area contributed by atoms with Gasteiger partial charge in [0.25, 0.3) is 6.43 Å². The first-order chi connectivity index (χ1) is 9.56. The Hall–Kier alpha value is -1.00. The Morgan fingerprint density at radius 3 is 2.25 bits per heavy atom. The van der Waals surface area contributed by atoms with Crippen LogP contribution in [0.3, 0.4) is 0 Å². The Morgan fingerprint density at radius 2 is 1.75 bits per heavy atom. The maximum atomic E-state index is 12.4. The summed E-state index contributed by atoms with van der Waals surface area (Å²) in [5, 5.41) is 3.37. The molecule has 4 heteroatoms. The number of hydrogen-bond acceptors (Lipinski definition) is 2. The lowest BCUT2D eigenvalue weighted by Gasteiger charge is -2.25. The summed E-state index contributed by atoms with van der Waals surface area (Å²) in [5.74, 6) is 0. The maximum Gasteiger partial charge on any atom is 0.251 e. The fraction of sp³-hybridized carbons (Fsp3) is 0.625. The number of hydrogen-bond donors (Lipinski definition) is 1. The minimum Gasteiger partial charge on any atom is -0.309 e. The van der Waals surface area contributed by atoms with Crippen molar-refractivity contribution in [2.24, 2.45) is 0 Å². The SMILES string of the molecule is CCCc1ccc(C(CN(C)CC(F)F)NCC)cc1. The summed E-state index contributed by atoms with van der Waals surface area (Å²) in [6.45, 7) is 5.42. The molecule has 1 aromatic rings. The van der Waals surface area contributed by atoms with Gasteiger partial charge >= 0.3 is 0 Å². The van der Waals surface area contributed by atoms with Crippen molar-refractivity contribution in [1.82, 2.24) is 10.2 Å². The normalized spacial score (nSPS) is 13.2. The van der Waals surface area contributed by atoms with Crippen molar-refractivity contribution in [3.63, 3.8) is 0 Å². The molecule has 0 saturated carbocycles. The second-order valence-corrected chi connectivity index (χ2v) is 5.21. The Labute approximate surface area is 121 Å². The molecule has 0 amide bonds. The summed E-state index contributed by atoms with van der Waals surface area (Å²) >= 11 is 0. The van der Waals surface area contributed by atoms with E-state index in [-0.39, 0.29) is 12.6 Å². The quantitative estimate of drug-likeness (QED) is 0.747. The van der Waals surface area contributed by atoms with Crippen LogP contribution in [0.15, 0.2) is 24.3 Å². The van der Waals surface area contributed by atoms with Crippen LogP contribution in [-0.4, -0.2) is 38.0 Å². The van der Waals surface area contributed by atoms with E-state index >= 15 is 0 Å².